The van der Waals surface area contributed by atoms with Crippen LogP contribution in [0.5, 0.6) is 0 Å². The molecule has 0 radical (unpaired) electrons. The van der Waals surface area contributed by atoms with Crippen LogP contribution >= 0.6 is 22.6 Å². The van der Waals surface area contributed by atoms with E-state index in [4.69, 9.17) is 0 Å². The molecular formula is C10H11F3IN. The first-order valence-corrected chi connectivity index (χ1v) is 5.62. The highest BCUT2D eigenvalue weighted by Crippen LogP contribution is 2.22. The zero-order valence-electron chi connectivity index (χ0n) is 7.94. The van der Waals surface area contributed by atoms with E-state index < -0.39 is 12.6 Å². The topological polar surface area (TPSA) is 12.0 Å². The molecule has 0 aliphatic carbocycles. The summed E-state index contributed by atoms with van der Waals surface area (Å²) >= 11 is 2.14. The van der Waals surface area contributed by atoms with Crippen molar-refractivity contribution in [2.24, 2.45) is 0 Å². The van der Waals surface area contributed by atoms with Crippen molar-refractivity contribution in [1.29, 1.82) is 0 Å². The maximum atomic E-state index is 11.8. The normalized spacial score (nSPS) is 11.5. The second-order valence-corrected chi connectivity index (χ2v) is 4.29. The largest absolute Gasteiger partial charge is 0.389 e. The van der Waals surface area contributed by atoms with Crippen molar-refractivity contribution in [3.63, 3.8) is 0 Å². The van der Waals surface area contributed by atoms with Crippen LogP contribution in [0.25, 0.3) is 0 Å². The third-order valence-electron chi connectivity index (χ3n) is 1.83. The fraction of sp³-hybridized carbons (Fsp3) is 0.400. The molecule has 0 aromatic heterocycles. The maximum absolute atomic E-state index is 11.8. The number of rotatable bonds is 4. The maximum Gasteiger partial charge on any atom is 0.389 e. The Labute approximate surface area is 100 Å². The molecule has 0 spiro atoms. The van der Waals surface area contributed by atoms with E-state index in [0.29, 0.717) is 6.54 Å². The van der Waals surface area contributed by atoms with Gasteiger partial charge in [-0.3, -0.25) is 0 Å². The van der Waals surface area contributed by atoms with Crippen molar-refractivity contribution < 1.29 is 13.2 Å². The summed E-state index contributed by atoms with van der Waals surface area (Å²) in [6.45, 7) is 0.347. The summed E-state index contributed by atoms with van der Waals surface area (Å²) in [5, 5.41) is 2.98. The summed E-state index contributed by atoms with van der Waals surface area (Å²) < 4.78 is 36.5. The molecule has 1 aromatic carbocycles. The molecule has 1 rings (SSSR count). The highest BCUT2D eigenvalue weighted by Gasteiger charge is 2.25. The van der Waals surface area contributed by atoms with Crippen LogP contribution in [0.4, 0.5) is 18.9 Å². The first kappa shape index (κ1) is 12.6. The summed E-state index contributed by atoms with van der Waals surface area (Å²) in [5.74, 6) is 0. The van der Waals surface area contributed by atoms with Gasteiger partial charge >= 0.3 is 6.18 Å². The van der Waals surface area contributed by atoms with E-state index in [-0.39, 0.29) is 6.42 Å². The van der Waals surface area contributed by atoms with Crippen molar-refractivity contribution >= 4 is 28.3 Å². The van der Waals surface area contributed by atoms with Gasteiger partial charge in [-0.25, -0.2) is 0 Å². The zero-order valence-corrected chi connectivity index (χ0v) is 10.1. The molecule has 1 nitrogen and oxygen atoms in total. The average molecular weight is 329 g/mol. The number of para-hydroxylation sites is 1. The van der Waals surface area contributed by atoms with Crippen molar-refractivity contribution in [2.75, 3.05) is 11.9 Å². The molecule has 0 fully saturated rings. The van der Waals surface area contributed by atoms with E-state index in [1.54, 1.807) is 0 Å². The molecule has 1 aromatic rings. The van der Waals surface area contributed by atoms with Crippen molar-refractivity contribution in [3.05, 3.63) is 27.8 Å². The lowest BCUT2D eigenvalue weighted by molar-refractivity contribution is -0.134. The second-order valence-electron chi connectivity index (χ2n) is 3.13. The molecule has 0 saturated carbocycles. The smallest absolute Gasteiger partial charge is 0.384 e. The molecule has 1 N–H and O–H groups in total. The predicted octanol–water partition coefficient (Wildman–Crippen LogP) is 4.05. The lowest BCUT2D eigenvalue weighted by Gasteiger charge is -2.09. The van der Waals surface area contributed by atoms with Crippen LogP contribution in [0.1, 0.15) is 12.8 Å². The van der Waals surface area contributed by atoms with Gasteiger partial charge in [0.05, 0.1) is 0 Å². The van der Waals surface area contributed by atoms with Gasteiger partial charge in [0.2, 0.25) is 0 Å². The van der Waals surface area contributed by atoms with E-state index in [9.17, 15) is 13.2 Å². The SMILES string of the molecule is FC(F)(F)CCCNc1ccccc1I. The molecule has 0 unspecified atom stereocenters. The quantitative estimate of drug-likeness (QED) is 0.649. The number of benzene rings is 1. The minimum absolute atomic E-state index is 0.106. The van der Waals surface area contributed by atoms with Gasteiger partial charge in [0.25, 0.3) is 0 Å². The summed E-state index contributed by atoms with van der Waals surface area (Å²) in [4.78, 5) is 0. The standard InChI is InChI=1S/C10H11F3IN/c11-10(12,13)6-3-7-15-9-5-2-1-4-8(9)14/h1-2,4-5,15H,3,6-7H2. The van der Waals surface area contributed by atoms with Gasteiger partial charge in [-0.05, 0) is 41.1 Å². The fourth-order valence-electron chi connectivity index (χ4n) is 1.12. The molecule has 15 heavy (non-hydrogen) atoms. The molecule has 0 aliphatic rings. The van der Waals surface area contributed by atoms with Gasteiger partial charge in [0, 0.05) is 22.2 Å². The molecule has 0 amide bonds. The first-order valence-electron chi connectivity index (χ1n) is 4.54. The summed E-state index contributed by atoms with van der Waals surface area (Å²) in [5.41, 5.74) is 0.889. The van der Waals surface area contributed by atoms with Crippen LogP contribution in [-0.2, 0) is 0 Å². The molecule has 0 heterocycles. The van der Waals surface area contributed by atoms with Crippen molar-refractivity contribution in [2.45, 2.75) is 19.0 Å². The average Bonchev–Trinajstić information content (AvgIpc) is 2.13. The number of halogens is 4. The van der Waals surface area contributed by atoms with Crippen LogP contribution in [0, 0.1) is 3.57 Å². The van der Waals surface area contributed by atoms with Crippen LogP contribution in [0.15, 0.2) is 24.3 Å². The van der Waals surface area contributed by atoms with Gasteiger partial charge in [0.15, 0.2) is 0 Å². The second kappa shape index (κ2) is 5.58. The van der Waals surface area contributed by atoms with Crippen molar-refractivity contribution in [1.82, 2.24) is 0 Å². The van der Waals surface area contributed by atoms with Gasteiger partial charge in [-0.2, -0.15) is 13.2 Å². The number of alkyl halides is 3. The van der Waals surface area contributed by atoms with Gasteiger partial charge in [-0.15, -0.1) is 0 Å². The van der Waals surface area contributed by atoms with E-state index in [2.05, 4.69) is 27.9 Å². The van der Waals surface area contributed by atoms with E-state index in [1.165, 1.54) is 0 Å². The lowest BCUT2D eigenvalue weighted by Crippen LogP contribution is -2.11. The number of nitrogens with one attached hydrogen (secondary N) is 1. The molecule has 0 atom stereocenters. The van der Waals surface area contributed by atoms with Crippen LogP contribution in [0.2, 0.25) is 0 Å². The Balaban J connectivity index is 2.30. The van der Waals surface area contributed by atoms with Crippen molar-refractivity contribution in [3.8, 4) is 0 Å². The Bertz CT molecular complexity index is 312. The first-order chi connectivity index (χ1) is 6.99. The summed E-state index contributed by atoms with van der Waals surface area (Å²) in [6, 6.07) is 7.51. The lowest BCUT2D eigenvalue weighted by atomic mass is 10.3. The van der Waals surface area contributed by atoms with Crippen LogP contribution in [-0.4, -0.2) is 12.7 Å². The van der Waals surface area contributed by atoms with E-state index >= 15 is 0 Å². The Morgan fingerprint density at radius 3 is 2.47 bits per heavy atom. The third-order valence-corrected chi connectivity index (χ3v) is 2.77. The van der Waals surface area contributed by atoms with Gasteiger partial charge in [-0.1, -0.05) is 12.1 Å². The number of anilines is 1. The van der Waals surface area contributed by atoms with E-state index in [0.717, 1.165) is 9.26 Å². The third kappa shape index (κ3) is 5.25. The van der Waals surface area contributed by atoms with Crippen LogP contribution in [0.3, 0.4) is 0 Å². The molecular weight excluding hydrogens is 318 g/mol. The number of hydrogen-bond acceptors (Lipinski definition) is 1. The van der Waals surface area contributed by atoms with Gasteiger partial charge in [0.1, 0.15) is 0 Å². The summed E-state index contributed by atoms with van der Waals surface area (Å²) in [6.07, 6.45) is -4.68. The Hall–Kier alpha value is -0.460. The highest BCUT2D eigenvalue weighted by atomic mass is 127. The highest BCUT2D eigenvalue weighted by molar-refractivity contribution is 14.1. The molecule has 0 bridgehead atoms. The van der Waals surface area contributed by atoms with Gasteiger partial charge < -0.3 is 5.32 Å². The molecule has 84 valence electrons. The molecule has 5 heteroatoms. The monoisotopic (exact) mass is 329 g/mol. The van der Waals surface area contributed by atoms with Crippen LogP contribution < -0.4 is 5.32 Å². The zero-order chi connectivity index (χ0) is 11.3. The fourth-order valence-corrected chi connectivity index (χ4v) is 1.69. The Kier molecular flexibility index (Phi) is 4.69. The molecule has 0 saturated heterocycles. The number of hydrogen-bond donors (Lipinski definition) is 1. The predicted molar refractivity (Wildman–Crippen MR) is 62.9 cm³/mol. The Morgan fingerprint density at radius 2 is 1.87 bits per heavy atom. The minimum Gasteiger partial charge on any atom is -0.384 e. The Morgan fingerprint density at radius 1 is 1.20 bits per heavy atom. The minimum atomic E-state index is -4.05. The van der Waals surface area contributed by atoms with E-state index in [1.807, 2.05) is 24.3 Å². The molecule has 0 aliphatic heterocycles. The summed E-state index contributed by atoms with van der Waals surface area (Å²) in [7, 11) is 0.